The summed E-state index contributed by atoms with van der Waals surface area (Å²) in [5.41, 5.74) is 0.477. The fraction of sp³-hybridized carbons (Fsp3) is 0.500. The molecule has 0 aliphatic carbocycles. The number of hydrogen-bond donors (Lipinski definition) is 2. The molecule has 0 saturated carbocycles. The Morgan fingerprint density at radius 2 is 2.50 bits per heavy atom. The van der Waals surface area contributed by atoms with Gasteiger partial charge in [-0.25, -0.2) is 4.68 Å². The van der Waals surface area contributed by atoms with Crippen LogP contribution in [0.4, 0.5) is 0 Å². The predicted octanol–water partition coefficient (Wildman–Crippen LogP) is -1.05. The van der Waals surface area contributed by atoms with Crippen molar-refractivity contribution in [1.29, 1.82) is 0 Å². The zero-order chi connectivity index (χ0) is 13.0. The molecule has 2 heterocycles. The number of aromatic amines is 1. The Balaban J connectivity index is 2.14. The largest absolute Gasteiger partial charge is 0.481 e. The van der Waals surface area contributed by atoms with Crippen molar-refractivity contribution >= 4 is 5.97 Å². The summed E-state index contributed by atoms with van der Waals surface area (Å²) >= 11 is 0. The second kappa shape index (κ2) is 5.31. The summed E-state index contributed by atoms with van der Waals surface area (Å²) in [6.45, 7) is 0.220. The van der Waals surface area contributed by atoms with Gasteiger partial charge < -0.3 is 9.84 Å². The van der Waals surface area contributed by atoms with E-state index in [-0.39, 0.29) is 13.0 Å². The molecule has 96 valence electrons. The molecule has 2 N–H and O–H groups in total. The van der Waals surface area contributed by atoms with Gasteiger partial charge in [0.1, 0.15) is 0 Å². The van der Waals surface area contributed by atoms with E-state index >= 15 is 0 Å². The molecule has 1 unspecified atom stereocenters. The number of carboxylic acid groups (broad SMARTS) is 1. The van der Waals surface area contributed by atoms with Gasteiger partial charge in [-0.2, -0.15) is 15.4 Å². The topological polar surface area (TPSA) is 132 Å². The minimum Gasteiger partial charge on any atom is -0.481 e. The minimum absolute atomic E-state index is 0.130. The molecule has 0 radical (unpaired) electrons. The summed E-state index contributed by atoms with van der Waals surface area (Å²) in [5.74, 6) is -0.547. The molecule has 0 aliphatic heterocycles. The summed E-state index contributed by atoms with van der Waals surface area (Å²) in [5, 5.41) is 29.8. The third kappa shape index (κ3) is 2.66. The van der Waals surface area contributed by atoms with Crippen LogP contribution in [0.25, 0.3) is 11.5 Å². The van der Waals surface area contributed by atoms with Crippen LogP contribution in [0.3, 0.4) is 0 Å². The van der Waals surface area contributed by atoms with Crippen molar-refractivity contribution < 1.29 is 14.6 Å². The second-order valence-electron chi connectivity index (χ2n) is 3.50. The number of aromatic nitrogens is 7. The molecule has 0 saturated heterocycles. The van der Waals surface area contributed by atoms with Gasteiger partial charge in [-0.05, 0) is 10.4 Å². The first-order chi connectivity index (χ1) is 8.70. The van der Waals surface area contributed by atoms with Crippen LogP contribution in [0.5, 0.6) is 0 Å². The summed E-state index contributed by atoms with van der Waals surface area (Å²) in [6.07, 6.45) is 0.826. The monoisotopic (exact) mass is 253 g/mol. The molecule has 18 heavy (non-hydrogen) atoms. The zero-order valence-electron chi connectivity index (χ0n) is 9.52. The molecule has 0 aromatic carbocycles. The molecule has 2 rings (SSSR count). The molecule has 10 nitrogen and oxygen atoms in total. The Hall–Kier alpha value is -2.36. The van der Waals surface area contributed by atoms with Crippen LogP contribution in [-0.4, -0.2) is 59.9 Å². The van der Waals surface area contributed by atoms with Gasteiger partial charge in [-0.1, -0.05) is 0 Å². The van der Waals surface area contributed by atoms with E-state index in [4.69, 9.17) is 9.84 Å². The van der Waals surface area contributed by atoms with Gasteiger partial charge in [0.25, 0.3) is 0 Å². The van der Waals surface area contributed by atoms with Crippen LogP contribution in [0.2, 0.25) is 0 Å². The smallest absolute Gasteiger partial charge is 0.306 e. The normalized spacial score (nSPS) is 12.5. The first-order valence-electron chi connectivity index (χ1n) is 5.07. The van der Waals surface area contributed by atoms with Crippen LogP contribution in [0.15, 0.2) is 6.20 Å². The van der Waals surface area contributed by atoms with E-state index in [1.165, 1.54) is 18.0 Å². The second-order valence-corrected chi connectivity index (χ2v) is 3.50. The number of nitrogens with zero attached hydrogens (tertiary/aromatic N) is 6. The van der Waals surface area contributed by atoms with Crippen molar-refractivity contribution in [1.82, 2.24) is 35.6 Å². The number of hydrogen-bond acceptors (Lipinski definition) is 7. The van der Waals surface area contributed by atoms with Gasteiger partial charge in [0.05, 0.1) is 25.3 Å². The molecule has 0 bridgehead atoms. The lowest BCUT2D eigenvalue weighted by atomic mass is 10.2. The number of methoxy groups -OCH3 is 1. The van der Waals surface area contributed by atoms with E-state index in [9.17, 15) is 4.79 Å². The molecule has 0 spiro atoms. The average Bonchev–Trinajstić information content (AvgIpc) is 2.96. The number of nitrogens with one attached hydrogen (secondary N) is 1. The molecule has 2 aromatic heterocycles. The van der Waals surface area contributed by atoms with E-state index in [0.29, 0.717) is 11.5 Å². The highest BCUT2D eigenvalue weighted by molar-refractivity contribution is 5.67. The van der Waals surface area contributed by atoms with E-state index in [0.717, 1.165) is 0 Å². The fourth-order valence-electron chi connectivity index (χ4n) is 1.43. The quantitative estimate of drug-likeness (QED) is 0.666. The molecule has 2 aromatic rings. The standard InChI is InChI=1S/C8H11N7O3/c1-18-5(2-7(16)17)4-15-8(11-13-14-15)6-3-9-12-10-6/h3,5H,2,4H2,1H3,(H,16,17)(H,9,10,12). The van der Waals surface area contributed by atoms with E-state index in [2.05, 4.69) is 30.9 Å². The Kier molecular flexibility index (Phi) is 3.57. The van der Waals surface area contributed by atoms with Gasteiger partial charge in [0.15, 0.2) is 5.69 Å². The van der Waals surface area contributed by atoms with Gasteiger partial charge in [-0.3, -0.25) is 4.79 Å². The lowest BCUT2D eigenvalue weighted by Crippen LogP contribution is -2.23. The molecule has 10 heteroatoms. The van der Waals surface area contributed by atoms with Crippen molar-refractivity contribution in [2.45, 2.75) is 19.1 Å². The molecular formula is C8H11N7O3. The lowest BCUT2D eigenvalue weighted by Gasteiger charge is -2.12. The van der Waals surface area contributed by atoms with E-state index < -0.39 is 12.1 Å². The summed E-state index contributed by atoms with van der Waals surface area (Å²) < 4.78 is 6.49. The maximum absolute atomic E-state index is 10.6. The van der Waals surface area contributed by atoms with E-state index in [1.54, 1.807) is 0 Å². The number of ether oxygens (including phenoxy) is 1. The van der Waals surface area contributed by atoms with E-state index in [1.807, 2.05) is 0 Å². The Morgan fingerprint density at radius 1 is 1.67 bits per heavy atom. The number of tetrazole rings is 1. The zero-order valence-corrected chi connectivity index (χ0v) is 9.52. The highest BCUT2D eigenvalue weighted by atomic mass is 16.5. The Bertz CT molecular complexity index is 509. The van der Waals surface area contributed by atoms with Crippen LogP contribution < -0.4 is 0 Å². The van der Waals surface area contributed by atoms with Crippen LogP contribution in [-0.2, 0) is 16.1 Å². The van der Waals surface area contributed by atoms with Crippen LogP contribution in [0, 0.1) is 0 Å². The van der Waals surface area contributed by atoms with Gasteiger partial charge in [-0.15, -0.1) is 5.10 Å². The van der Waals surface area contributed by atoms with Crippen LogP contribution >= 0.6 is 0 Å². The third-order valence-electron chi connectivity index (χ3n) is 2.29. The molecule has 0 aliphatic rings. The number of carbonyl (C=O) groups is 1. The van der Waals surface area contributed by atoms with Crippen molar-refractivity contribution in [2.75, 3.05) is 7.11 Å². The lowest BCUT2D eigenvalue weighted by molar-refractivity contribution is -0.139. The van der Waals surface area contributed by atoms with Gasteiger partial charge in [0, 0.05) is 7.11 Å². The fourth-order valence-corrected chi connectivity index (χ4v) is 1.43. The highest BCUT2D eigenvalue weighted by Gasteiger charge is 2.18. The third-order valence-corrected chi connectivity index (χ3v) is 2.29. The van der Waals surface area contributed by atoms with Crippen molar-refractivity contribution in [3.63, 3.8) is 0 Å². The Morgan fingerprint density at radius 3 is 3.11 bits per heavy atom. The number of H-pyrrole nitrogens is 1. The Labute approximate surface area is 101 Å². The predicted molar refractivity (Wildman–Crippen MR) is 56.2 cm³/mol. The number of rotatable bonds is 6. The summed E-state index contributed by atoms with van der Waals surface area (Å²) in [4.78, 5) is 10.6. The molecule has 0 fully saturated rings. The number of carboxylic acids is 1. The molecule has 0 amide bonds. The van der Waals surface area contributed by atoms with Gasteiger partial charge in [0.2, 0.25) is 5.82 Å². The van der Waals surface area contributed by atoms with Crippen molar-refractivity contribution in [2.24, 2.45) is 0 Å². The summed E-state index contributed by atoms with van der Waals surface area (Å²) in [7, 11) is 1.44. The SMILES string of the molecule is COC(CC(=O)O)Cn1nnnc1-c1cn[nH]n1. The molecular weight excluding hydrogens is 242 g/mol. The highest BCUT2D eigenvalue weighted by Crippen LogP contribution is 2.11. The van der Waals surface area contributed by atoms with Crippen LogP contribution in [0.1, 0.15) is 6.42 Å². The maximum atomic E-state index is 10.6. The summed E-state index contributed by atoms with van der Waals surface area (Å²) in [6, 6.07) is 0. The van der Waals surface area contributed by atoms with Crippen molar-refractivity contribution in [3.8, 4) is 11.5 Å². The maximum Gasteiger partial charge on any atom is 0.306 e. The van der Waals surface area contributed by atoms with Crippen molar-refractivity contribution in [3.05, 3.63) is 6.20 Å². The first kappa shape index (κ1) is 12.1. The average molecular weight is 253 g/mol. The van der Waals surface area contributed by atoms with Gasteiger partial charge >= 0.3 is 5.97 Å². The number of aliphatic carboxylic acids is 1. The molecule has 1 atom stereocenters. The minimum atomic E-state index is -0.946. The first-order valence-corrected chi connectivity index (χ1v) is 5.07.